The Balaban J connectivity index is 1.88. The van der Waals surface area contributed by atoms with Crippen molar-refractivity contribution in [1.82, 2.24) is 10.2 Å². The number of aryl methyl sites for hydroxylation is 1. The Morgan fingerprint density at radius 2 is 1.81 bits per heavy atom. The Morgan fingerprint density at radius 1 is 1.10 bits per heavy atom. The lowest BCUT2D eigenvalue weighted by Crippen LogP contribution is -2.36. The van der Waals surface area contributed by atoms with E-state index in [1.165, 1.54) is 6.07 Å². The second-order valence-electron chi connectivity index (χ2n) is 8.06. The summed E-state index contributed by atoms with van der Waals surface area (Å²) in [5.74, 6) is -1.55. The zero-order valence-corrected chi connectivity index (χ0v) is 17.7. The van der Waals surface area contributed by atoms with Crippen molar-refractivity contribution in [2.45, 2.75) is 38.8 Å². The molecule has 2 aromatic carbocycles. The number of benzene rings is 2. The fourth-order valence-electron chi connectivity index (χ4n) is 3.92. The molecule has 0 radical (unpaired) electrons. The van der Waals surface area contributed by atoms with Crippen molar-refractivity contribution < 1.29 is 22.8 Å². The van der Waals surface area contributed by atoms with E-state index in [4.69, 9.17) is 0 Å². The van der Waals surface area contributed by atoms with Gasteiger partial charge in [-0.15, -0.1) is 0 Å². The van der Waals surface area contributed by atoms with Crippen molar-refractivity contribution in [1.29, 1.82) is 0 Å². The van der Waals surface area contributed by atoms with Crippen molar-refractivity contribution in [3.63, 3.8) is 0 Å². The van der Waals surface area contributed by atoms with E-state index in [2.05, 4.69) is 5.32 Å². The zero-order chi connectivity index (χ0) is 22.6. The van der Waals surface area contributed by atoms with Gasteiger partial charge in [-0.3, -0.25) is 9.59 Å². The van der Waals surface area contributed by atoms with Crippen LogP contribution in [0.5, 0.6) is 0 Å². The maximum absolute atomic E-state index is 13.2. The third-order valence-electron chi connectivity index (χ3n) is 5.71. The maximum Gasteiger partial charge on any atom is 0.416 e. The highest BCUT2D eigenvalue weighted by atomic mass is 19.4. The van der Waals surface area contributed by atoms with Crippen LogP contribution in [0.1, 0.15) is 52.7 Å². The van der Waals surface area contributed by atoms with Crippen LogP contribution in [-0.4, -0.2) is 36.3 Å². The number of nitrogens with zero attached hydrogens (tertiary/aromatic N) is 1. The Labute approximate surface area is 180 Å². The van der Waals surface area contributed by atoms with Crippen LogP contribution >= 0.6 is 0 Å². The first kappa shape index (κ1) is 22.8. The van der Waals surface area contributed by atoms with Crippen LogP contribution in [0, 0.1) is 12.8 Å². The number of carbonyl (C=O) groups excluding carboxylic acids is 2. The number of amides is 2. The van der Waals surface area contributed by atoms with Gasteiger partial charge in [0, 0.05) is 31.1 Å². The Bertz CT molecular complexity index is 925. The molecule has 3 rings (SSSR count). The summed E-state index contributed by atoms with van der Waals surface area (Å²) in [6.45, 7) is 4.80. The summed E-state index contributed by atoms with van der Waals surface area (Å²) < 4.78 is 39.7. The van der Waals surface area contributed by atoms with Crippen molar-refractivity contribution in [3.05, 3.63) is 70.8 Å². The molecule has 0 bridgehead atoms. The summed E-state index contributed by atoms with van der Waals surface area (Å²) >= 11 is 0. The third kappa shape index (κ3) is 5.46. The fourth-order valence-corrected chi connectivity index (χ4v) is 3.92. The van der Waals surface area contributed by atoms with E-state index >= 15 is 0 Å². The van der Waals surface area contributed by atoms with Crippen LogP contribution in [0.2, 0.25) is 0 Å². The molecular formula is C24H27F3N2O2. The lowest BCUT2D eigenvalue weighted by atomic mass is 9.87. The monoisotopic (exact) mass is 432 g/mol. The molecule has 1 heterocycles. The predicted octanol–water partition coefficient (Wildman–Crippen LogP) is 4.79. The highest BCUT2D eigenvalue weighted by Gasteiger charge is 2.41. The van der Waals surface area contributed by atoms with Crippen molar-refractivity contribution in [3.8, 4) is 0 Å². The van der Waals surface area contributed by atoms with E-state index in [1.54, 1.807) is 23.1 Å². The number of hydrogen-bond donors (Lipinski definition) is 1. The van der Waals surface area contributed by atoms with Gasteiger partial charge in [0.15, 0.2) is 0 Å². The molecule has 1 aliphatic rings. The molecule has 1 fully saturated rings. The first-order valence-corrected chi connectivity index (χ1v) is 10.5. The van der Waals surface area contributed by atoms with Crippen LogP contribution in [0.25, 0.3) is 0 Å². The first-order chi connectivity index (χ1) is 14.7. The predicted molar refractivity (Wildman–Crippen MR) is 113 cm³/mol. The standard InChI is InChI=1S/C24H27F3N2O2/c1-3-4-12-28-22(30)21-15-29(23(31)17-10-8-16(2)9-11-17)14-20(21)18-6-5-7-19(13-18)24(25,26)27/h5-11,13,20-21H,3-4,12,14-15H2,1-2H3,(H,28,30)/t20-,21+/m1/s1. The van der Waals surface area contributed by atoms with Crippen LogP contribution < -0.4 is 5.32 Å². The number of nitrogens with one attached hydrogen (secondary N) is 1. The van der Waals surface area contributed by atoms with E-state index < -0.39 is 23.6 Å². The maximum atomic E-state index is 13.2. The summed E-state index contributed by atoms with van der Waals surface area (Å²) in [5, 5.41) is 2.88. The Morgan fingerprint density at radius 3 is 2.45 bits per heavy atom. The van der Waals surface area contributed by atoms with Gasteiger partial charge in [0.25, 0.3) is 5.91 Å². The van der Waals surface area contributed by atoms with E-state index in [1.807, 2.05) is 26.0 Å². The lowest BCUT2D eigenvalue weighted by Gasteiger charge is -2.19. The number of hydrogen-bond acceptors (Lipinski definition) is 2. The molecule has 2 aromatic rings. The van der Waals surface area contributed by atoms with Crippen LogP contribution in [0.15, 0.2) is 48.5 Å². The van der Waals surface area contributed by atoms with Gasteiger partial charge in [0.2, 0.25) is 5.91 Å². The minimum absolute atomic E-state index is 0.172. The normalized spacial score (nSPS) is 18.8. The second kappa shape index (κ2) is 9.54. The molecule has 2 atom stereocenters. The molecule has 1 aliphatic heterocycles. The highest BCUT2D eigenvalue weighted by molar-refractivity contribution is 5.95. The van der Waals surface area contributed by atoms with Gasteiger partial charge in [-0.05, 0) is 37.1 Å². The number of halogens is 3. The smallest absolute Gasteiger partial charge is 0.356 e. The molecule has 31 heavy (non-hydrogen) atoms. The lowest BCUT2D eigenvalue weighted by molar-refractivity contribution is -0.137. The van der Waals surface area contributed by atoms with Crippen LogP contribution in [0.3, 0.4) is 0 Å². The molecule has 2 amide bonds. The molecule has 0 aromatic heterocycles. The van der Waals surface area contributed by atoms with Crippen molar-refractivity contribution >= 4 is 11.8 Å². The molecule has 0 saturated carbocycles. The van der Waals surface area contributed by atoms with Crippen LogP contribution in [-0.2, 0) is 11.0 Å². The van der Waals surface area contributed by atoms with E-state index in [0.29, 0.717) is 17.7 Å². The molecule has 0 aliphatic carbocycles. The van der Waals surface area contributed by atoms with Gasteiger partial charge >= 0.3 is 6.18 Å². The Kier molecular flexibility index (Phi) is 7.03. The molecule has 4 nitrogen and oxygen atoms in total. The van der Waals surface area contributed by atoms with Gasteiger partial charge in [-0.25, -0.2) is 0 Å². The van der Waals surface area contributed by atoms with Gasteiger partial charge in [-0.1, -0.05) is 49.2 Å². The largest absolute Gasteiger partial charge is 0.416 e. The summed E-state index contributed by atoms with van der Waals surface area (Å²) in [4.78, 5) is 27.4. The van der Waals surface area contributed by atoms with E-state index in [9.17, 15) is 22.8 Å². The molecule has 1 saturated heterocycles. The minimum atomic E-state index is -4.47. The molecule has 0 unspecified atom stereocenters. The summed E-state index contributed by atoms with van der Waals surface area (Å²) in [6, 6.07) is 12.2. The number of unbranched alkanes of at least 4 members (excludes halogenated alkanes) is 1. The highest BCUT2D eigenvalue weighted by Crippen LogP contribution is 2.37. The SMILES string of the molecule is CCCCNC(=O)[C@H]1CN(C(=O)c2ccc(C)cc2)C[C@@H]1c1cccc(C(F)(F)F)c1. The molecule has 0 spiro atoms. The first-order valence-electron chi connectivity index (χ1n) is 10.5. The molecular weight excluding hydrogens is 405 g/mol. The van der Waals surface area contributed by atoms with Gasteiger partial charge in [0.05, 0.1) is 11.5 Å². The topological polar surface area (TPSA) is 49.4 Å². The number of likely N-dealkylation sites (tertiary alicyclic amines) is 1. The molecule has 1 N–H and O–H groups in total. The van der Waals surface area contributed by atoms with E-state index in [-0.39, 0.29) is 24.9 Å². The van der Waals surface area contributed by atoms with Crippen molar-refractivity contribution in [2.24, 2.45) is 5.92 Å². The zero-order valence-electron chi connectivity index (χ0n) is 17.7. The summed E-state index contributed by atoms with van der Waals surface area (Å²) in [7, 11) is 0. The Hall–Kier alpha value is -2.83. The quantitative estimate of drug-likeness (QED) is 0.668. The van der Waals surface area contributed by atoms with Gasteiger partial charge < -0.3 is 10.2 Å². The number of carbonyl (C=O) groups is 2. The summed E-state index contributed by atoms with van der Waals surface area (Å²) in [6.07, 6.45) is -2.73. The fraction of sp³-hybridized carbons (Fsp3) is 0.417. The second-order valence-corrected chi connectivity index (χ2v) is 8.06. The van der Waals surface area contributed by atoms with E-state index in [0.717, 1.165) is 30.5 Å². The van der Waals surface area contributed by atoms with Crippen LogP contribution in [0.4, 0.5) is 13.2 Å². The number of rotatable bonds is 6. The third-order valence-corrected chi connectivity index (χ3v) is 5.71. The van der Waals surface area contributed by atoms with Gasteiger partial charge in [0.1, 0.15) is 0 Å². The molecule has 166 valence electrons. The van der Waals surface area contributed by atoms with Gasteiger partial charge in [-0.2, -0.15) is 13.2 Å². The average Bonchev–Trinajstić information content (AvgIpc) is 3.19. The molecule has 7 heteroatoms. The minimum Gasteiger partial charge on any atom is -0.356 e. The average molecular weight is 432 g/mol. The number of alkyl halides is 3. The summed E-state index contributed by atoms with van der Waals surface area (Å²) in [5.41, 5.74) is 1.19. The van der Waals surface area contributed by atoms with Crippen molar-refractivity contribution in [2.75, 3.05) is 19.6 Å².